The van der Waals surface area contributed by atoms with Crippen LogP contribution in [-0.4, -0.2) is 59.9 Å². The minimum atomic E-state index is -1.25. The summed E-state index contributed by atoms with van der Waals surface area (Å²) in [7, 11) is 0. The predicted molar refractivity (Wildman–Crippen MR) is 97.7 cm³/mol. The summed E-state index contributed by atoms with van der Waals surface area (Å²) in [6, 6.07) is 6.54. The molecule has 0 unspecified atom stereocenters. The molecule has 4 amide bonds. The SMILES string of the molecule is CCN(CC)C(=O)COC(=O)CN1C(=O)N[C@@](C)(c2ccc(C)cc2)C1=O. The molecule has 1 aromatic rings. The number of hydrogen-bond donors (Lipinski definition) is 1. The van der Waals surface area contributed by atoms with Crippen LogP contribution in [0.5, 0.6) is 0 Å². The van der Waals surface area contributed by atoms with Crippen LogP contribution in [0.15, 0.2) is 24.3 Å². The largest absolute Gasteiger partial charge is 0.454 e. The fourth-order valence-corrected chi connectivity index (χ4v) is 2.91. The molecule has 0 aliphatic carbocycles. The molecule has 1 atom stereocenters. The summed E-state index contributed by atoms with van der Waals surface area (Å²) in [5.41, 5.74) is 0.402. The molecule has 0 aromatic heterocycles. The molecule has 2 rings (SSSR count). The highest BCUT2D eigenvalue weighted by Gasteiger charge is 2.49. The van der Waals surface area contributed by atoms with Crippen molar-refractivity contribution in [2.45, 2.75) is 33.2 Å². The normalized spacial score (nSPS) is 19.0. The first kappa shape index (κ1) is 20.4. The van der Waals surface area contributed by atoms with Gasteiger partial charge in [0.2, 0.25) is 0 Å². The lowest BCUT2D eigenvalue weighted by Crippen LogP contribution is -2.42. The van der Waals surface area contributed by atoms with Crippen LogP contribution < -0.4 is 5.32 Å². The summed E-state index contributed by atoms with van der Waals surface area (Å²) in [6.45, 7) is 7.21. The van der Waals surface area contributed by atoms with Crippen molar-refractivity contribution in [1.29, 1.82) is 0 Å². The molecular weight excluding hydrogens is 350 g/mol. The molecule has 27 heavy (non-hydrogen) atoms. The van der Waals surface area contributed by atoms with E-state index in [2.05, 4.69) is 5.32 Å². The average Bonchev–Trinajstić information content (AvgIpc) is 2.85. The Balaban J connectivity index is 2.02. The zero-order valence-corrected chi connectivity index (χ0v) is 16.1. The minimum absolute atomic E-state index is 0.324. The van der Waals surface area contributed by atoms with Crippen LogP contribution in [0, 0.1) is 6.92 Å². The van der Waals surface area contributed by atoms with Gasteiger partial charge < -0.3 is 15.0 Å². The fourth-order valence-electron chi connectivity index (χ4n) is 2.91. The van der Waals surface area contributed by atoms with Gasteiger partial charge in [-0.25, -0.2) is 4.79 Å². The van der Waals surface area contributed by atoms with Gasteiger partial charge in [0.25, 0.3) is 11.8 Å². The number of nitrogens with one attached hydrogen (secondary N) is 1. The van der Waals surface area contributed by atoms with Gasteiger partial charge in [0.05, 0.1) is 0 Å². The summed E-state index contributed by atoms with van der Waals surface area (Å²) in [4.78, 5) is 51.2. The molecule has 0 saturated carbocycles. The van der Waals surface area contributed by atoms with E-state index in [4.69, 9.17) is 4.74 Å². The van der Waals surface area contributed by atoms with Crippen LogP contribution in [0.2, 0.25) is 0 Å². The maximum Gasteiger partial charge on any atom is 0.326 e. The highest BCUT2D eigenvalue weighted by Crippen LogP contribution is 2.28. The fraction of sp³-hybridized carbons (Fsp3) is 0.474. The first-order valence-electron chi connectivity index (χ1n) is 8.87. The molecule has 0 spiro atoms. The summed E-state index contributed by atoms with van der Waals surface area (Å²) < 4.78 is 4.93. The van der Waals surface area contributed by atoms with E-state index < -0.39 is 36.6 Å². The van der Waals surface area contributed by atoms with E-state index in [0.717, 1.165) is 10.5 Å². The van der Waals surface area contributed by atoms with Gasteiger partial charge in [-0.3, -0.25) is 19.3 Å². The molecule has 0 radical (unpaired) electrons. The standard InChI is InChI=1S/C19H25N3O5/c1-5-21(6-2)15(23)12-27-16(24)11-22-17(25)19(4,20-18(22)26)14-9-7-13(3)8-10-14/h7-10H,5-6,11-12H2,1-4H3,(H,20,26)/t19-/m0/s1. The van der Waals surface area contributed by atoms with Gasteiger partial charge in [-0.1, -0.05) is 29.8 Å². The summed E-state index contributed by atoms with van der Waals surface area (Å²) in [6.07, 6.45) is 0. The molecule has 1 fully saturated rings. The number of amides is 4. The van der Waals surface area contributed by atoms with Crippen LogP contribution >= 0.6 is 0 Å². The quantitative estimate of drug-likeness (QED) is 0.570. The van der Waals surface area contributed by atoms with Crippen molar-refractivity contribution in [2.24, 2.45) is 0 Å². The third-order valence-electron chi connectivity index (χ3n) is 4.66. The Morgan fingerprint density at radius 1 is 1.15 bits per heavy atom. The number of carbonyl (C=O) groups is 4. The number of hydrogen-bond acceptors (Lipinski definition) is 5. The molecule has 1 aliphatic heterocycles. The lowest BCUT2D eigenvalue weighted by atomic mass is 9.91. The average molecular weight is 375 g/mol. The monoisotopic (exact) mass is 375 g/mol. The van der Waals surface area contributed by atoms with Gasteiger partial charge in [-0.05, 0) is 33.3 Å². The van der Waals surface area contributed by atoms with Crippen molar-refractivity contribution in [3.63, 3.8) is 0 Å². The lowest BCUT2D eigenvalue weighted by Gasteiger charge is -2.22. The lowest BCUT2D eigenvalue weighted by molar-refractivity contribution is -0.153. The number of benzene rings is 1. The number of likely N-dealkylation sites (N-methyl/N-ethyl adjacent to an activating group) is 1. The zero-order chi connectivity index (χ0) is 20.2. The van der Waals surface area contributed by atoms with E-state index in [0.29, 0.717) is 18.7 Å². The second kappa shape index (κ2) is 8.20. The van der Waals surface area contributed by atoms with Crippen molar-refractivity contribution in [2.75, 3.05) is 26.2 Å². The Labute approximate surface area is 158 Å². The van der Waals surface area contributed by atoms with Crippen LogP contribution in [-0.2, 0) is 24.7 Å². The Kier molecular flexibility index (Phi) is 6.20. The number of rotatable bonds is 7. The second-order valence-electron chi connectivity index (χ2n) is 6.54. The number of esters is 1. The highest BCUT2D eigenvalue weighted by molar-refractivity contribution is 6.08. The van der Waals surface area contributed by atoms with Gasteiger partial charge in [-0.2, -0.15) is 0 Å². The number of ether oxygens (including phenoxy) is 1. The topological polar surface area (TPSA) is 96.0 Å². The molecular formula is C19H25N3O5. The van der Waals surface area contributed by atoms with Gasteiger partial charge >= 0.3 is 12.0 Å². The summed E-state index contributed by atoms with van der Waals surface area (Å²) in [5, 5.41) is 2.63. The predicted octanol–water partition coefficient (Wildman–Crippen LogP) is 1.17. The first-order valence-corrected chi connectivity index (χ1v) is 8.87. The maximum absolute atomic E-state index is 12.8. The molecule has 0 bridgehead atoms. The molecule has 8 heteroatoms. The van der Waals surface area contributed by atoms with E-state index in [1.54, 1.807) is 19.1 Å². The third-order valence-corrected chi connectivity index (χ3v) is 4.66. The van der Waals surface area contributed by atoms with Crippen molar-refractivity contribution in [1.82, 2.24) is 15.1 Å². The number of imide groups is 1. The van der Waals surface area contributed by atoms with Crippen molar-refractivity contribution in [3.8, 4) is 0 Å². The molecule has 1 aromatic carbocycles. The first-order chi connectivity index (χ1) is 12.7. The van der Waals surface area contributed by atoms with E-state index in [1.165, 1.54) is 4.90 Å². The Bertz CT molecular complexity index is 742. The van der Waals surface area contributed by atoms with E-state index in [-0.39, 0.29) is 5.91 Å². The number of urea groups is 1. The summed E-state index contributed by atoms with van der Waals surface area (Å²) >= 11 is 0. The van der Waals surface area contributed by atoms with E-state index >= 15 is 0 Å². The van der Waals surface area contributed by atoms with Crippen LogP contribution in [0.4, 0.5) is 4.79 Å². The molecule has 1 aliphatic rings. The Morgan fingerprint density at radius 3 is 2.30 bits per heavy atom. The second-order valence-corrected chi connectivity index (χ2v) is 6.54. The maximum atomic E-state index is 12.8. The van der Waals surface area contributed by atoms with Crippen molar-refractivity contribution in [3.05, 3.63) is 35.4 Å². The van der Waals surface area contributed by atoms with Crippen LogP contribution in [0.1, 0.15) is 31.9 Å². The van der Waals surface area contributed by atoms with Crippen LogP contribution in [0.25, 0.3) is 0 Å². The number of carbonyl (C=O) groups excluding carboxylic acids is 4. The molecule has 1 heterocycles. The molecule has 8 nitrogen and oxygen atoms in total. The van der Waals surface area contributed by atoms with Gasteiger partial charge in [0.15, 0.2) is 6.61 Å². The van der Waals surface area contributed by atoms with E-state index in [1.807, 2.05) is 32.9 Å². The number of aryl methyl sites for hydroxylation is 1. The smallest absolute Gasteiger partial charge is 0.326 e. The Hall–Kier alpha value is -2.90. The molecule has 1 N–H and O–H groups in total. The van der Waals surface area contributed by atoms with Gasteiger partial charge in [0.1, 0.15) is 12.1 Å². The van der Waals surface area contributed by atoms with Crippen molar-refractivity contribution >= 4 is 23.8 Å². The Morgan fingerprint density at radius 2 is 1.74 bits per heavy atom. The zero-order valence-electron chi connectivity index (χ0n) is 16.1. The number of nitrogens with zero attached hydrogens (tertiary/aromatic N) is 2. The molecule has 1 saturated heterocycles. The van der Waals surface area contributed by atoms with Crippen LogP contribution in [0.3, 0.4) is 0 Å². The van der Waals surface area contributed by atoms with E-state index in [9.17, 15) is 19.2 Å². The van der Waals surface area contributed by atoms with Gasteiger partial charge in [-0.15, -0.1) is 0 Å². The van der Waals surface area contributed by atoms with Gasteiger partial charge in [0, 0.05) is 13.1 Å². The highest BCUT2D eigenvalue weighted by atomic mass is 16.5. The summed E-state index contributed by atoms with van der Waals surface area (Å²) in [5.74, 6) is -1.68. The minimum Gasteiger partial charge on any atom is -0.454 e. The van der Waals surface area contributed by atoms with Crippen molar-refractivity contribution < 1.29 is 23.9 Å². The molecule has 146 valence electrons. The third kappa shape index (κ3) is 4.27.